The van der Waals surface area contributed by atoms with Gasteiger partial charge in [0.1, 0.15) is 11.4 Å². The van der Waals surface area contributed by atoms with Crippen LogP contribution in [0.2, 0.25) is 0 Å². The molecule has 36 heavy (non-hydrogen) atoms. The highest BCUT2D eigenvalue weighted by atomic mass is 16.6. The number of methoxy groups -OCH3 is 2. The molecule has 0 radical (unpaired) electrons. The predicted octanol–water partition coefficient (Wildman–Crippen LogP) is 4.85. The van der Waals surface area contributed by atoms with Crippen LogP contribution in [0.4, 0.5) is 15.3 Å². The van der Waals surface area contributed by atoms with Crippen molar-refractivity contribution in [1.82, 2.24) is 15.3 Å². The molecule has 3 N–H and O–H groups in total. The maximum atomic E-state index is 12.6. The normalized spacial score (nSPS) is 11.8. The average molecular weight is 495 g/mol. The summed E-state index contributed by atoms with van der Waals surface area (Å²) in [4.78, 5) is 43.7. The number of benzene rings is 2. The van der Waals surface area contributed by atoms with Gasteiger partial charge in [0.25, 0.3) is 0 Å². The molecule has 3 aromatic rings. The molecule has 10 heteroatoms. The van der Waals surface area contributed by atoms with Crippen LogP contribution in [-0.2, 0) is 20.6 Å². The molecule has 0 unspecified atom stereocenters. The minimum absolute atomic E-state index is 0.346. The van der Waals surface area contributed by atoms with Gasteiger partial charge in [-0.25, -0.2) is 19.4 Å². The molecule has 190 valence electrons. The van der Waals surface area contributed by atoms with Crippen LogP contribution in [0.5, 0.6) is 0 Å². The van der Waals surface area contributed by atoms with Crippen molar-refractivity contribution in [3.63, 3.8) is 0 Å². The van der Waals surface area contributed by atoms with Crippen LogP contribution in [0.1, 0.15) is 48.6 Å². The van der Waals surface area contributed by atoms with Gasteiger partial charge < -0.3 is 24.5 Å². The van der Waals surface area contributed by atoms with E-state index in [1.54, 1.807) is 57.3 Å². The number of nitrogens with zero attached hydrogens (tertiary/aromatic N) is 1. The van der Waals surface area contributed by atoms with Gasteiger partial charge in [-0.2, -0.15) is 0 Å². The van der Waals surface area contributed by atoms with Crippen molar-refractivity contribution in [2.24, 2.45) is 0 Å². The number of anilines is 1. The zero-order valence-corrected chi connectivity index (χ0v) is 20.9. The highest BCUT2D eigenvalue weighted by molar-refractivity contribution is 5.89. The number of imidazole rings is 1. The first-order chi connectivity index (χ1) is 17.1. The number of rotatable bonds is 7. The summed E-state index contributed by atoms with van der Waals surface area (Å²) in [7, 11) is 2.62. The van der Waals surface area contributed by atoms with Crippen LogP contribution in [-0.4, -0.2) is 47.9 Å². The third-order valence-corrected chi connectivity index (χ3v) is 5.03. The second kappa shape index (κ2) is 11.4. The molecule has 3 rings (SSSR count). The van der Waals surface area contributed by atoms with Crippen molar-refractivity contribution in [3.8, 4) is 11.3 Å². The molecule has 1 heterocycles. The van der Waals surface area contributed by atoms with E-state index in [-0.39, 0.29) is 0 Å². The van der Waals surface area contributed by atoms with Crippen LogP contribution in [0, 0.1) is 0 Å². The first kappa shape index (κ1) is 26.3. The van der Waals surface area contributed by atoms with Gasteiger partial charge in [-0.05, 0) is 56.2 Å². The number of alkyl carbamates (subject to hydrolysis) is 1. The van der Waals surface area contributed by atoms with Crippen molar-refractivity contribution in [2.75, 3.05) is 19.5 Å². The molecule has 1 aromatic heterocycles. The van der Waals surface area contributed by atoms with Crippen molar-refractivity contribution in [2.45, 2.75) is 38.8 Å². The number of aromatic nitrogens is 2. The first-order valence-corrected chi connectivity index (χ1v) is 11.2. The average Bonchev–Trinajstić information content (AvgIpc) is 3.33. The van der Waals surface area contributed by atoms with E-state index in [1.807, 2.05) is 18.2 Å². The quantitative estimate of drug-likeness (QED) is 0.316. The molecular formula is C26H30N4O6. The van der Waals surface area contributed by atoms with Gasteiger partial charge in [0, 0.05) is 12.1 Å². The zero-order valence-electron chi connectivity index (χ0n) is 20.9. The Balaban J connectivity index is 1.85. The van der Waals surface area contributed by atoms with E-state index >= 15 is 0 Å². The maximum Gasteiger partial charge on any atom is 0.411 e. The summed E-state index contributed by atoms with van der Waals surface area (Å²) < 4.78 is 14.9. The Morgan fingerprint density at radius 2 is 1.72 bits per heavy atom. The predicted molar refractivity (Wildman–Crippen MR) is 134 cm³/mol. The Bertz CT molecular complexity index is 1210. The SMILES string of the molecule is COC(=O)Nc1ccc(-c2cnc([C@H](Cc3cccc(C(=O)OC)c3)NC(=O)OC(C)(C)C)[nH]2)cc1. The highest BCUT2D eigenvalue weighted by Crippen LogP contribution is 2.24. The molecule has 0 spiro atoms. The Morgan fingerprint density at radius 3 is 2.36 bits per heavy atom. The van der Waals surface area contributed by atoms with Crippen LogP contribution in [0.15, 0.2) is 54.7 Å². The number of H-pyrrole nitrogens is 1. The van der Waals surface area contributed by atoms with E-state index in [9.17, 15) is 14.4 Å². The summed E-state index contributed by atoms with van der Waals surface area (Å²) >= 11 is 0. The van der Waals surface area contributed by atoms with Crippen LogP contribution >= 0.6 is 0 Å². The smallest absolute Gasteiger partial charge is 0.411 e. The van der Waals surface area contributed by atoms with Crippen molar-refractivity contribution in [1.29, 1.82) is 0 Å². The molecule has 0 saturated heterocycles. The lowest BCUT2D eigenvalue weighted by molar-refractivity contribution is 0.0499. The fraction of sp³-hybridized carbons (Fsp3) is 0.308. The van der Waals surface area contributed by atoms with Gasteiger partial charge in [-0.1, -0.05) is 24.3 Å². The van der Waals surface area contributed by atoms with Crippen LogP contribution < -0.4 is 10.6 Å². The maximum absolute atomic E-state index is 12.6. The summed E-state index contributed by atoms with van der Waals surface area (Å²) in [5.74, 6) is 0.0648. The summed E-state index contributed by atoms with van der Waals surface area (Å²) in [6.07, 6.45) is 0.859. The lowest BCUT2D eigenvalue weighted by Crippen LogP contribution is -2.36. The number of esters is 1. The second-order valence-electron chi connectivity index (χ2n) is 8.97. The first-order valence-electron chi connectivity index (χ1n) is 11.2. The third kappa shape index (κ3) is 7.33. The standard InChI is InChI=1S/C26H30N4O6/c1-26(2,3)36-25(33)30-20(14-16-7-6-8-18(13-16)23(31)34-4)22-27-15-21(29-22)17-9-11-19(12-10-17)28-24(32)35-5/h6-13,15,20H,14H2,1-5H3,(H,27,29)(H,28,32)(H,30,33)/t20-/m0/s1. The number of aromatic amines is 1. The van der Waals surface area contributed by atoms with Gasteiger partial charge in [0.15, 0.2) is 0 Å². The molecule has 0 aliphatic carbocycles. The van der Waals surface area contributed by atoms with Crippen LogP contribution in [0.25, 0.3) is 11.3 Å². The van der Waals surface area contributed by atoms with E-state index in [4.69, 9.17) is 9.47 Å². The van der Waals surface area contributed by atoms with Crippen molar-refractivity contribution < 1.29 is 28.6 Å². The molecule has 0 fully saturated rings. The molecule has 10 nitrogen and oxygen atoms in total. The highest BCUT2D eigenvalue weighted by Gasteiger charge is 2.23. The fourth-order valence-electron chi connectivity index (χ4n) is 3.41. The molecular weight excluding hydrogens is 464 g/mol. The molecule has 0 saturated carbocycles. The lowest BCUT2D eigenvalue weighted by Gasteiger charge is -2.23. The Labute approximate surface area is 209 Å². The van der Waals surface area contributed by atoms with Gasteiger partial charge in [-0.3, -0.25) is 5.32 Å². The van der Waals surface area contributed by atoms with Gasteiger partial charge in [-0.15, -0.1) is 0 Å². The molecule has 2 aromatic carbocycles. The fourth-order valence-corrected chi connectivity index (χ4v) is 3.41. The number of amides is 2. The topological polar surface area (TPSA) is 132 Å². The summed E-state index contributed by atoms with van der Waals surface area (Å²) in [6, 6.07) is 13.5. The lowest BCUT2D eigenvalue weighted by atomic mass is 10.0. The molecule has 0 bridgehead atoms. The van der Waals surface area contributed by atoms with Crippen molar-refractivity contribution in [3.05, 3.63) is 71.7 Å². The van der Waals surface area contributed by atoms with E-state index in [0.717, 1.165) is 11.1 Å². The van der Waals surface area contributed by atoms with Gasteiger partial charge in [0.2, 0.25) is 0 Å². The van der Waals surface area contributed by atoms with Gasteiger partial charge >= 0.3 is 18.2 Å². The summed E-state index contributed by atoms with van der Waals surface area (Å²) in [6.45, 7) is 5.35. The Kier molecular flexibility index (Phi) is 8.31. The van der Waals surface area contributed by atoms with E-state index in [0.29, 0.717) is 29.2 Å². The number of nitrogens with one attached hydrogen (secondary N) is 3. The molecule has 0 aliphatic heterocycles. The van der Waals surface area contributed by atoms with E-state index < -0.39 is 29.8 Å². The molecule has 2 amide bonds. The third-order valence-electron chi connectivity index (χ3n) is 5.03. The second-order valence-corrected chi connectivity index (χ2v) is 8.97. The van der Waals surface area contributed by atoms with E-state index in [1.165, 1.54) is 14.2 Å². The van der Waals surface area contributed by atoms with E-state index in [2.05, 4.69) is 25.3 Å². The van der Waals surface area contributed by atoms with Crippen molar-refractivity contribution >= 4 is 23.8 Å². The number of ether oxygens (including phenoxy) is 3. The minimum atomic E-state index is -0.673. The van der Waals surface area contributed by atoms with Gasteiger partial charge in [0.05, 0.1) is 37.7 Å². The number of carbonyl (C=O) groups excluding carboxylic acids is 3. The number of hydrogen-bond acceptors (Lipinski definition) is 7. The monoisotopic (exact) mass is 494 g/mol. The zero-order chi connectivity index (χ0) is 26.3. The Hall–Kier alpha value is -4.34. The number of hydrogen-bond donors (Lipinski definition) is 3. The summed E-state index contributed by atoms with van der Waals surface area (Å²) in [5, 5.41) is 5.47. The minimum Gasteiger partial charge on any atom is -0.465 e. The molecule has 0 aliphatic rings. The van der Waals surface area contributed by atoms with Crippen LogP contribution in [0.3, 0.4) is 0 Å². The Morgan fingerprint density at radius 1 is 1.00 bits per heavy atom. The summed E-state index contributed by atoms with van der Waals surface area (Å²) in [5.41, 5.74) is 2.66. The molecule has 1 atom stereocenters. The number of carbonyl (C=O) groups is 3. The largest absolute Gasteiger partial charge is 0.465 e.